The number of thioether (sulfide) groups is 1. The Balaban J connectivity index is 1.60. The fourth-order valence-corrected chi connectivity index (χ4v) is 5.15. The largest absolute Gasteiger partial charge is 0.353 e. The van der Waals surface area contributed by atoms with Crippen LogP contribution in [-0.4, -0.2) is 63.7 Å². The van der Waals surface area contributed by atoms with Crippen molar-refractivity contribution in [3.8, 4) is 0 Å². The molecule has 1 aromatic heterocycles. The molecule has 2 heterocycles. The van der Waals surface area contributed by atoms with Crippen molar-refractivity contribution in [2.45, 2.75) is 76.5 Å². The van der Waals surface area contributed by atoms with E-state index in [0.29, 0.717) is 35.9 Å². The Bertz CT molecular complexity index is 795. The summed E-state index contributed by atoms with van der Waals surface area (Å²) in [6.45, 7) is 10.1. The second-order valence-electron chi connectivity index (χ2n) is 9.58. The van der Waals surface area contributed by atoms with Gasteiger partial charge in [-0.15, -0.1) is 0 Å². The van der Waals surface area contributed by atoms with Gasteiger partial charge in [0.25, 0.3) is 0 Å². The average Bonchev–Trinajstić information content (AvgIpc) is 2.71. The highest BCUT2D eigenvalue weighted by Gasteiger charge is 2.33. The van der Waals surface area contributed by atoms with Crippen LogP contribution in [0.4, 0.5) is 5.82 Å². The zero-order valence-electron chi connectivity index (χ0n) is 19.0. The van der Waals surface area contributed by atoms with E-state index in [0.717, 1.165) is 18.7 Å². The third-order valence-corrected chi connectivity index (χ3v) is 6.74. The highest BCUT2D eigenvalue weighted by Crippen LogP contribution is 2.28. The maximum absolute atomic E-state index is 13.0. The van der Waals surface area contributed by atoms with Crippen molar-refractivity contribution in [1.82, 2.24) is 20.2 Å². The maximum Gasteiger partial charge on any atom is 0.230 e. The smallest absolute Gasteiger partial charge is 0.230 e. The summed E-state index contributed by atoms with van der Waals surface area (Å²) in [4.78, 5) is 38.2. The van der Waals surface area contributed by atoms with E-state index in [-0.39, 0.29) is 29.2 Å². The summed E-state index contributed by atoms with van der Waals surface area (Å²) in [6.07, 6.45) is 5.63. The lowest BCUT2D eigenvalue weighted by Gasteiger charge is -2.42. The zero-order chi connectivity index (χ0) is 22.6. The molecule has 3 rings (SSSR count). The number of hydrogen-bond donors (Lipinski definition) is 1. The van der Waals surface area contributed by atoms with Gasteiger partial charge in [-0.2, -0.15) is 0 Å². The highest BCUT2D eigenvalue weighted by molar-refractivity contribution is 7.99. The lowest BCUT2D eigenvalue weighted by molar-refractivity contribution is -0.139. The lowest BCUT2D eigenvalue weighted by atomic mass is 9.88. The topological polar surface area (TPSA) is 78.4 Å². The fraction of sp³-hybridized carbons (Fsp3) is 0.727. The zero-order valence-corrected chi connectivity index (χ0v) is 20.6. The van der Waals surface area contributed by atoms with Gasteiger partial charge in [0.15, 0.2) is 5.16 Å². The average molecular weight is 468 g/mol. The van der Waals surface area contributed by atoms with E-state index in [1.165, 1.54) is 31.0 Å². The van der Waals surface area contributed by atoms with Crippen LogP contribution in [0.15, 0.2) is 11.2 Å². The van der Waals surface area contributed by atoms with Crippen LogP contribution in [-0.2, 0) is 9.59 Å². The summed E-state index contributed by atoms with van der Waals surface area (Å²) in [7, 11) is 0. The number of halogens is 1. The van der Waals surface area contributed by atoms with Crippen molar-refractivity contribution in [3.05, 3.63) is 11.2 Å². The van der Waals surface area contributed by atoms with Gasteiger partial charge in [-0.3, -0.25) is 9.59 Å². The molecular weight excluding hydrogens is 434 g/mol. The van der Waals surface area contributed by atoms with Gasteiger partial charge in [0, 0.05) is 43.2 Å². The van der Waals surface area contributed by atoms with Gasteiger partial charge < -0.3 is 15.1 Å². The van der Waals surface area contributed by atoms with Crippen LogP contribution in [0.1, 0.15) is 59.8 Å². The van der Waals surface area contributed by atoms with Crippen LogP contribution in [0.25, 0.3) is 0 Å². The number of nitrogens with one attached hydrogen (secondary N) is 1. The molecule has 2 fully saturated rings. The molecule has 1 atom stereocenters. The normalized spacial score (nSPS) is 20.6. The van der Waals surface area contributed by atoms with E-state index >= 15 is 0 Å². The predicted molar refractivity (Wildman–Crippen MR) is 126 cm³/mol. The van der Waals surface area contributed by atoms with Crippen LogP contribution in [0, 0.1) is 5.92 Å². The first-order valence-electron chi connectivity index (χ1n) is 11.2. The molecule has 0 aromatic carbocycles. The van der Waals surface area contributed by atoms with Gasteiger partial charge in [-0.1, -0.05) is 42.6 Å². The first-order valence-corrected chi connectivity index (χ1v) is 12.5. The third-order valence-electron chi connectivity index (χ3n) is 5.70. The molecule has 1 unspecified atom stereocenters. The van der Waals surface area contributed by atoms with Crippen molar-refractivity contribution < 1.29 is 9.59 Å². The number of carbonyl (C=O) groups is 2. The molecule has 1 aliphatic heterocycles. The molecule has 1 N–H and O–H groups in total. The summed E-state index contributed by atoms with van der Waals surface area (Å²) in [5.41, 5.74) is -0.275. The monoisotopic (exact) mass is 467 g/mol. The minimum absolute atomic E-state index is 0.0638. The van der Waals surface area contributed by atoms with Crippen molar-refractivity contribution in [3.63, 3.8) is 0 Å². The van der Waals surface area contributed by atoms with Crippen molar-refractivity contribution in [2.24, 2.45) is 5.92 Å². The quantitative estimate of drug-likeness (QED) is 0.403. The number of carbonyl (C=O) groups excluding carboxylic acids is 2. The Morgan fingerprint density at radius 1 is 1.19 bits per heavy atom. The van der Waals surface area contributed by atoms with Crippen LogP contribution in [0.5, 0.6) is 0 Å². The number of amides is 2. The van der Waals surface area contributed by atoms with E-state index in [1.807, 2.05) is 25.7 Å². The Labute approximate surface area is 194 Å². The number of piperazine rings is 1. The molecule has 9 heteroatoms. The Morgan fingerprint density at radius 3 is 2.55 bits per heavy atom. The van der Waals surface area contributed by atoms with Gasteiger partial charge in [-0.25, -0.2) is 9.97 Å². The predicted octanol–water partition coefficient (Wildman–Crippen LogP) is 3.75. The number of nitrogens with zero attached hydrogens (tertiary/aromatic N) is 4. The molecule has 1 aromatic rings. The van der Waals surface area contributed by atoms with Gasteiger partial charge in [0.2, 0.25) is 11.8 Å². The molecular formula is C22H34ClN5O2S. The molecule has 2 amide bonds. The second-order valence-corrected chi connectivity index (χ2v) is 10.9. The first-order chi connectivity index (χ1) is 14.6. The molecule has 2 aliphatic rings. The van der Waals surface area contributed by atoms with Crippen LogP contribution < -0.4 is 10.2 Å². The summed E-state index contributed by atoms with van der Waals surface area (Å²) < 4.78 is 0. The van der Waals surface area contributed by atoms with E-state index in [1.54, 1.807) is 6.07 Å². The summed E-state index contributed by atoms with van der Waals surface area (Å²) in [5, 5.41) is 3.78. The lowest BCUT2D eigenvalue weighted by Crippen LogP contribution is -2.55. The first kappa shape index (κ1) is 24.1. The molecule has 0 bridgehead atoms. The van der Waals surface area contributed by atoms with Crippen molar-refractivity contribution in [2.75, 3.05) is 30.3 Å². The van der Waals surface area contributed by atoms with Crippen LogP contribution >= 0.6 is 23.4 Å². The van der Waals surface area contributed by atoms with E-state index in [4.69, 9.17) is 11.6 Å². The molecule has 1 aliphatic carbocycles. The van der Waals surface area contributed by atoms with Crippen LogP contribution in [0.3, 0.4) is 0 Å². The fourth-order valence-electron chi connectivity index (χ4n) is 4.27. The minimum Gasteiger partial charge on any atom is -0.353 e. The molecule has 31 heavy (non-hydrogen) atoms. The number of hydrogen-bond acceptors (Lipinski definition) is 6. The Kier molecular flexibility index (Phi) is 8.08. The molecule has 1 saturated carbocycles. The minimum atomic E-state index is -0.275. The summed E-state index contributed by atoms with van der Waals surface area (Å²) >= 11 is 7.53. The SMILES string of the molecule is CC1CN(c2cc(Cl)nc(SCC(=O)NC(C)(C)C)n2)CCN1C(=O)C1CCCCC1. The van der Waals surface area contributed by atoms with Crippen molar-refractivity contribution >= 4 is 41.0 Å². The van der Waals surface area contributed by atoms with E-state index in [2.05, 4.69) is 27.1 Å². The van der Waals surface area contributed by atoms with Gasteiger partial charge in [0.1, 0.15) is 11.0 Å². The van der Waals surface area contributed by atoms with E-state index in [9.17, 15) is 9.59 Å². The number of anilines is 1. The number of rotatable bonds is 5. The van der Waals surface area contributed by atoms with Gasteiger partial charge >= 0.3 is 0 Å². The van der Waals surface area contributed by atoms with E-state index < -0.39 is 0 Å². The highest BCUT2D eigenvalue weighted by atomic mass is 35.5. The Hall–Kier alpha value is -1.54. The Morgan fingerprint density at radius 2 is 1.90 bits per heavy atom. The second kappa shape index (κ2) is 10.4. The molecule has 172 valence electrons. The van der Waals surface area contributed by atoms with Crippen LogP contribution in [0.2, 0.25) is 5.15 Å². The standard InChI is InChI=1S/C22H34ClN5O2S/c1-15-13-27(10-11-28(15)20(30)16-8-6-5-7-9-16)18-12-17(23)24-21(25-18)31-14-19(29)26-22(2,3)4/h12,15-16H,5-11,13-14H2,1-4H3,(H,26,29). The molecule has 0 radical (unpaired) electrons. The van der Waals surface area contributed by atoms with Crippen molar-refractivity contribution in [1.29, 1.82) is 0 Å². The maximum atomic E-state index is 13.0. The van der Waals surface area contributed by atoms with Gasteiger partial charge in [0.05, 0.1) is 5.75 Å². The molecule has 1 saturated heterocycles. The number of aromatic nitrogens is 2. The molecule has 0 spiro atoms. The summed E-state index contributed by atoms with van der Waals surface area (Å²) in [5.74, 6) is 1.42. The summed E-state index contributed by atoms with van der Waals surface area (Å²) in [6, 6.07) is 1.87. The third kappa shape index (κ3) is 6.97. The van der Waals surface area contributed by atoms with Gasteiger partial charge in [-0.05, 0) is 40.5 Å². The molecule has 7 nitrogen and oxygen atoms in total.